The predicted molar refractivity (Wildman–Crippen MR) is 106 cm³/mol. The van der Waals surface area contributed by atoms with Gasteiger partial charge in [0.05, 0.1) is 17.5 Å². The van der Waals surface area contributed by atoms with Gasteiger partial charge in [0.25, 0.3) is 5.91 Å². The van der Waals surface area contributed by atoms with E-state index in [-0.39, 0.29) is 28.7 Å². The SMILES string of the molecule is CC(C)(C)C(=O)N=C1S[C@@H]2CS(=O)(=O)C[C@@H]2N1c1ccc2c(c1)OCCO2. The van der Waals surface area contributed by atoms with Gasteiger partial charge in [-0.25, -0.2) is 8.42 Å². The minimum atomic E-state index is -3.10. The van der Waals surface area contributed by atoms with Crippen LogP contribution in [0.2, 0.25) is 0 Å². The van der Waals surface area contributed by atoms with E-state index in [0.717, 1.165) is 5.69 Å². The maximum absolute atomic E-state index is 12.5. The molecule has 0 saturated carbocycles. The van der Waals surface area contributed by atoms with Gasteiger partial charge in [0.2, 0.25) is 0 Å². The monoisotopic (exact) mass is 410 g/mol. The van der Waals surface area contributed by atoms with Crippen LogP contribution in [0.3, 0.4) is 0 Å². The molecule has 4 rings (SSSR count). The second-order valence-electron chi connectivity index (χ2n) is 7.95. The number of benzene rings is 1. The molecule has 1 aromatic rings. The van der Waals surface area contributed by atoms with Crippen LogP contribution >= 0.6 is 11.8 Å². The molecule has 0 bridgehead atoms. The molecule has 9 heteroatoms. The number of thioether (sulfide) groups is 1. The average molecular weight is 411 g/mol. The quantitative estimate of drug-likeness (QED) is 0.701. The largest absolute Gasteiger partial charge is 0.486 e. The summed E-state index contributed by atoms with van der Waals surface area (Å²) in [5.74, 6) is 1.22. The van der Waals surface area contributed by atoms with E-state index in [4.69, 9.17) is 9.47 Å². The maximum Gasteiger partial charge on any atom is 0.253 e. The number of rotatable bonds is 1. The molecule has 2 saturated heterocycles. The van der Waals surface area contributed by atoms with Gasteiger partial charge in [0.15, 0.2) is 26.5 Å². The first kappa shape index (κ1) is 18.6. The topological polar surface area (TPSA) is 85.3 Å². The summed E-state index contributed by atoms with van der Waals surface area (Å²) in [6.07, 6.45) is 0. The van der Waals surface area contributed by atoms with Gasteiger partial charge < -0.3 is 14.4 Å². The summed E-state index contributed by atoms with van der Waals surface area (Å²) in [5, 5.41) is 0.422. The highest BCUT2D eigenvalue weighted by Gasteiger charge is 2.49. The molecule has 0 aromatic heterocycles. The molecule has 27 heavy (non-hydrogen) atoms. The Balaban J connectivity index is 1.75. The standard InChI is InChI=1S/C18H22N2O5S2/c1-18(2,3)16(21)19-17-20(12-9-27(22,23)10-15(12)26-17)11-4-5-13-14(8-11)25-7-6-24-13/h4-5,8,12,15H,6-7,9-10H2,1-3H3/t12-,15+/m0/s1. The second kappa shape index (κ2) is 6.41. The highest BCUT2D eigenvalue weighted by atomic mass is 32.2. The molecular weight excluding hydrogens is 388 g/mol. The summed E-state index contributed by atoms with van der Waals surface area (Å²) in [4.78, 5) is 18.7. The first-order chi connectivity index (χ1) is 12.6. The molecule has 7 nitrogen and oxygen atoms in total. The molecule has 0 N–H and O–H groups in total. The zero-order valence-electron chi connectivity index (χ0n) is 15.5. The molecule has 0 radical (unpaired) electrons. The van der Waals surface area contributed by atoms with E-state index in [9.17, 15) is 13.2 Å². The summed E-state index contributed by atoms with van der Waals surface area (Å²) < 4.78 is 35.5. The molecule has 0 spiro atoms. The van der Waals surface area contributed by atoms with Crippen molar-refractivity contribution in [3.05, 3.63) is 18.2 Å². The van der Waals surface area contributed by atoms with Crippen LogP contribution in [0, 0.1) is 5.41 Å². The number of fused-ring (bicyclic) bond motifs is 2. The molecule has 3 heterocycles. The van der Waals surface area contributed by atoms with Crippen molar-refractivity contribution in [3.8, 4) is 11.5 Å². The number of nitrogens with zero attached hydrogens (tertiary/aromatic N) is 2. The molecule has 2 atom stereocenters. The maximum atomic E-state index is 12.5. The minimum Gasteiger partial charge on any atom is -0.486 e. The van der Waals surface area contributed by atoms with Gasteiger partial charge in [0, 0.05) is 22.4 Å². The Labute approximate surface area is 163 Å². The number of hydrogen-bond donors (Lipinski definition) is 0. The van der Waals surface area contributed by atoms with Crippen LogP contribution < -0.4 is 14.4 Å². The van der Waals surface area contributed by atoms with E-state index in [2.05, 4.69) is 4.99 Å². The third kappa shape index (κ3) is 3.54. The van der Waals surface area contributed by atoms with Crippen LogP contribution in [0.15, 0.2) is 23.2 Å². The van der Waals surface area contributed by atoms with Crippen molar-refractivity contribution in [3.63, 3.8) is 0 Å². The number of aliphatic imine (C=N–C) groups is 1. The first-order valence-electron chi connectivity index (χ1n) is 8.83. The minimum absolute atomic E-state index is 0.0574. The zero-order chi connectivity index (χ0) is 19.4. The molecule has 3 aliphatic rings. The third-order valence-corrected chi connectivity index (χ3v) is 7.92. The number of hydrogen-bond acceptors (Lipinski definition) is 6. The fourth-order valence-corrected chi connectivity index (χ4v) is 7.22. The van der Waals surface area contributed by atoms with Crippen molar-refractivity contribution in [2.75, 3.05) is 29.6 Å². The van der Waals surface area contributed by atoms with Gasteiger partial charge in [-0.1, -0.05) is 32.5 Å². The molecule has 146 valence electrons. The van der Waals surface area contributed by atoms with Crippen LogP contribution in [-0.4, -0.2) is 55.5 Å². The number of carbonyl (C=O) groups excluding carboxylic acids is 1. The van der Waals surface area contributed by atoms with E-state index >= 15 is 0 Å². The lowest BCUT2D eigenvalue weighted by atomic mass is 9.96. The van der Waals surface area contributed by atoms with Gasteiger partial charge in [-0.3, -0.25) is 4.79 Å². The normalized spacial score (nSPS) is 27.7. The number of amidine groups is 1. The van der Waals surface area contributed by atoms with Crippen LogP contribution in [0.25, 0.3) is 0 Å². The molecule has 1 amide bonds. The lowest BCUT2D eigenvalue weighted by Gasteiger charge is -2.27. The fraction of sp³-hybridized carbons (Fsp3) is 0.556. The highest BCUT2D eigenvalue weighted by Crippen LogP contribution is 2.43. The van der Waals surface area contributed by atoms with Crippen LogP contribution in [-0.2, 0) is 14.6 Å². The van der Waals surface area contributed by atoms with Crippen LogP contribution in [0.4, 0.5) is 5.69 Å². The summed E-state index contributed by atoms with van der Waals surface area (Å²) in [7, 11) is -3.10. The van der Waals surface area contributed by atoms with E-state index in [1.807, 2.05) is 43.9 Å². The number of ether oxygens (including phenoxy) is 2. The van der Waals surface area contributed by atoms with Gasteiger partial charge in [-0.15, -0.1) is 0 Å². The Bertz CT molecular complexity index is 920. The van der Waals surface area contributed by atoms with E-state index in [1.165, 1.54) is 11.8 Å². The van der Waals surface area contributed by atoms with Crippen molar-refractivity contribution in [1.29, 1.82) is 0 Å². The summed E-state index contributed by atoms with van der Waals surface area (Å²) >= 11 is 1.37. The Kier molecular flexibility index (Phi) is 4.42. The highest BCUT2D eigenvalue weighted by molar-refractivity contribution is 8.16. The Morgan fingerprint density at radius 2 is 1.89 bits per heavy atom. The van der Waals surface area contributed by atoms with Crippen LogP contribution in [0.5, 0.6) is 11.5 Å². The van der Waals surface area contributed by atoms with E-state index in [1.54, 1.807) is 0 Å². The van der Waals surface area contributed by atoms with Crippen molar-refractivity contribution >= 4 is 38.4 Å². The molecule has 0 aliphatic carbocycles. The van der Waals surface area contributed by atoms with E-state index in [0.29, 0.717) is 29.9 Å². The Hall–Kier alpha value is -1.74. The van der Waals surface area contributed by atoms with Crippen molar-refractivity contribution in [1.82, 2.24) is 0 Å². The molecular formula is C18H22N2O5S2. The summed E-state index contributed by atoms with van der Waals surface area (Å²) in [6.45, 7) is 6.42. The van der Waals surface area contributed by atoms with Gasteiger partial charge in [-0.2, -0.15) is 4.99 Å². The number of anilines is 1. The van der Waals surface area contributed by atoms with Crippen LogP contribution in [0.1, 0.15) is 20.8 Å². The van der Waals surface area contributed by atoms with Crippen molar-refractivity contribution in [2.45, 2.75) is 32.1 Å². The summed E-state index contributed by atoms with van der Waals surface area (Å²) in [6, 6.07) is 5.26. The lowest BCUT2D eigenvalue weighted by molar-refractivity contribution is -0.124. The third-order valence-electron chi connectivity index (χ3n) is 4.71. The number of carbonyl (C=O) groups is 1. The second-order valence-corrected chi connectivity index (χ2v) is 11.3. The molecule has 0 unspecified atom stereocenters. The van der Waals surface area contributed by atoms with Crippen molar-refractivity contribution in [2.24, 2.45) is 10.4 Å². The molecule has 2 fully saturated rings. The fourth-order valence-electron chi connectivity index (χ4n) is 3.30. The average Bonchev–Trinajstić information content (AvgIpc) is 3.04. The summed E-state index contributed by atoms with van der Waals surface area (Å²) in [5.41, 5.74) is 0.160. The smallest absolute Gasteiger partial charge is 0.253 e. The molecule has 1 aromatic carbocycles. The lowest BCUT2D eigenvalue weighted by Crippen LogP contribution is -2.38. The van der Waals surface area contributed by atoms with Gasteiger partial charge in [-0.05, 0) is 12.1 Å². The Morgan fingerprint density at radius 3 is 2.59 bits per heavy atom. The predicted octanol–water partition coefficient (Wildman–Crippen LogP) is 2.11. The van der Waals surface area contributed by atoms with Crippen molar-refractivity contribution < 1.29 is 22.7 Å². The first-order valence-corrected chi connectivity index (χ1v) is 11.5. The number of sulfone groups is 1. The molecule has 3 aliphatic heterocycles. The Morgan fingerprint density at radius 1 is 1.19 bits per heavy atom. The van der Waals surface area contributed by atoms with E-state index < -0.39 is 15.3 Å². The number of amides is 1. The van der Waals surface area contributed by atoms with Gasteiger partial charge >= 0.3 is 0 Å². The zero-order valence-corrected chi connectivity index (χ0v) is 17.1. The van der Waals surface area contributed by atoms with Gasteiger partial charge in [0.1, 0.15) is 13.2 Å².